The van der Waals surface area contributed by atoms with E-state index in [1.807, 2.05) is 20.8 Å². The van der Waals surface area contributed by atoms with Crippen LogP contribution in [0.2, 0.25) is 19.6 Å². The van der Waals surface area contributed by atoms with Crippen molar-refractivity contribution in [2.24, 2.45) is 20.0 Å². The molecule has 0 radical (unpaired) electrons. The number of amides is 9. The van der Waals surface area contributed by atoms with E-state index in [0.29, 0.717) is 199 Å². The van der Waals surface area contributed by atoms with Gasteiger partial charge in [0.15, 0.2) is 43.3 Å². The van der Waals surface area contributed by atoms with Crippen LogP contribution in [-0.2, 0) is 62.6 Å². The van der Waals surface area contributed by atoms with Crippen LogP contribution >= 0.6 is 0 Å². The van der Waals surface area contributed by atoms with Crippen molar-refractivity contribution in [3.8, 4) is 11.9 Å². The molecule has 0 saturated heterocycles. The molecule has 2 aliphatic heterocycles. The van der Waals surface area contributed by atoms with Crippen molar-refractivity contribution < 1.29 is 37.9 Å². The maximum absolute atomic E-state index is 11.9. The van der Waals surface area contributed by atoms with Crippen LogP contribution in [-0.4, -0.2) is 333 Å². The summed E-state index contributed by atoms with van der Waals surface area (Å²) in [5, 5.41) is 149. The number of guanidine groups is 2. The third-order valence-corrected chi connectivity index (χ3v) is 18.1. The second kappa shape index (κ2) is 61.5. The van der Waals surface area contributed by atoms with Gasteiger partial charge in [0.1, 0.15) is 12.4 Å². The molecule has 0 saturated carbocycles. The Morgan fingerprint density at radius 2 is 0.863 bits per heavy atom. The van der Waals surface area contributed by atoms with Crippen LogP contribution in [0.25, 0.3) is 11.9 Å². The molecule has 66 nitrogen and oxygen atoms in total. The van der Waals surface area contributed by atoms with E-state index in [2.05, 4.69) is 288 Å². The molecule has 752 valence electrons. The van der Waals surface area contributed by atoms with E-state index >= 15 is 0 Å². The Morgan fingerprint density at radius 1 is 0.424 bits per heavy atom. The monoisotopic (exact) mass is 1960 g/mol. The van der Waals surface area contributed by atoms with Gasteiger partial charge in [0, 0.05) is 105 Å². The quantitative estimate of drug-likeness (QED) is 0.00795. The standard InChI is InChI=1S/C18H29N15O2.C18H28N14.C13H21N11O2Si.C13H24N8O2.C10H20N10O2/c1-3-20-16-25-14(19)33(32-16)17-29-26-13(27-30-17)9-12-10-23-15(24-12)28-31-18(35)22-8-6-4-5-7-21-11(2)34;1-3-22-17-26-15(21)32(31-17)18-29-27-14(28-30-18)8-13-10-24-16(25-13)23-9-12(20)7-5-4-6-11(2)19;1-25-6-10-15-12(22-21-10)16-13-23-18-9(19-24-13)5-8-14-11(20-17-8)7-26-27(2,3)4;1-3-14-12-20-18-11(19-21-12)9-17-13(23)16-8-6-4-5-7-15-10(2)22;1-7(21)12-5-3-4-6-13-10(22)20-19-9-17-15-8(14-11-2)16-18-9/h3-10H2,1-2H3,(H,21,34)(H,23,28)(H2,22,31,35)(H3,19,20,25,32);19-20H,3-10H2,1-2H3,(H,23,24)(H3,21,22,26,31);5-7H2,1-4H3,(H,14,17,20)(H2,15,16,21,22,23,24);3-9H2,1-2H3,(H,15,22)(H,14,20,21)(H2,16,17,23);11H,3-6H2,1-2H3,(H,12,21)(H2,13,20,22)(H,14,15,16)(H,17,18,19). The summed E-state index contributed by atoms with van der Waals surface area (Å²) in [5.74, 6) is 6.28. The molecule has 139 heavy (non-hydrogen) atoms. The molecule has 9 aromatic heterocycles. The molecule has 0 spiro atoms. The minimum absolute atomic E-state index is 0.0211. The maximum Gasteiger partial charge on any atom is 0.333 e. The molecule has 11 rings (SSSR count). The zero-order chi connectivity index (χ0) is 100. The molecular formula is C72H122N58O8Si. The number of hydrogen-bond acceptors (Lipinski definition) is 53. The fraction of sp³-hybridized carbons (Fsp3) is 0.583. The van der Waals surface area contributed by atoms with Gasteiger partial charge in [-0.05, 0) is 124 Å². The predicted octanol–water partition coefficient (Wildman–Crippen LogP) is -2.76. The van der Waals surface area contributed by atoms with E-state index in [0.717, 1.165) is 76.3 Å². The van der Waals surface area contributed by atoms with Gasteiger partial charge in [0.25, 0.3) is 35.7 Å². The minimum Gasteiger partial charge on any atom is -0.410 e. The topological polar surface area (TPSA) is 889 Å². The summed E-state index contributed by atoms with van der Waals surface area (Å²) in [5.41, 5.74) is 29.6. The van der Waals surface area contributed by atoms with Crippen molar-refractivity contribution >= 4 is 132 Å². The SMILES string of the molecule is CCNc1nc(N)n(-c2nnc(CC3=NC(NCC(=N)CCCCC(C)=N)=NC3)nn2)n1.CCNc1nc(N)n(-c2nnc(CC3=NC(NNC(=O)NCCCCCNC(C)=O)=NC3)nn2)n1.CCNc1nnc(CNC(=O)NCCCCCNC(C)=O)nn1.CNNc1nnc(NNC(=O)NCCCCNC(C)=O)nn1.COCc1nc(Nc2nnc(Cc3nc(CO[Si](C)(C)C)n[nH]3)nn2)n[nH]1. The van der Waals surface area contributed by atoms with Gasteiger partial charge in [-0.15, -0.1) is 117 Å². The first kappa shape index (κ1) is 110. The predicted molar refractivity (Wildman–Crippen MR) is 507 cm³/mol. The number of carbonyl (C=O) groups is 6. The minimum atomic E-state index is -1.61. The van der Waals surface area contributed by atoms with Crippen molar-refractivity contribution in [1.82, 2.24) is 226 Å². The summed E-state index contributed by atoms with van der Waals surface area (Å²) in [6.45, 7) is 25.8. The lowest BCUT2D eigenvalue weighted by molar-refractivity contribution is -0.119. The van der Waals surface area contributed by atoms with Gasteiger partial charge in [-0.2, -0.15) is 29.4 Å². The van der Waals surface area contributed by atoms with E-state index in [1.165, 1.54) is 30.1 Å². The van der Waals surface area contributed by atoms with E-state index < -0.39 is 20.4 Å². The number of H-pyrrole nitrogens is 2. The molecular weight excluding hydrogens is 1830 g/mol. The van der Waals surface area contributed by atoms with Crippen LogP contribution in [0.15, 0.2) is 20.0 Å². The average Bonchev–Trinajstić information content (AvgIpc) is 1.69. The highest BCUT2D eigenvalue weighted by molar-refractivity contribution is 6.69. The molecule has 67 heteroatoms. The molecule has 26 N–H and O–H groups in total. The van der Waals surface area contributed by atoms with Gasteiger partial charge < -0.3 is 89.9 Å². The van der Waals surface area contributed by atoms with Crippen LogP contribution in [0, 0.1) is 10.8 Å². The van der Waals surface area contributed by atoms with E-state index in [4.69, 9.17) is 31.4 Å². The lowest BCUT2D eigenvalue weighted by atomic mass is 10.1. The van der Waals surface area contributed by atoms with Crippen molar-refractivity contribution in [3.63, 3.8) is 0 Å². The number of aromatic nitrogens is 32. The number of urea groups is 3. The lowest BCUT2D eigenvalue weighted by Crippen LogP contribution is -2.46. The van der Waals surface area contributed by atoms with Crippen molar-refractivity contribution in [1.29, 1.82) is 10.8 Å². The van der Waals surface area contributed by atoms with Crippen molar-refractivity contribution in [3.05, 3.63) is 40.8 Å². The van der Waals surface area contributed by atoms with Crippen molar-refractivity contribution in [2.45, 2.75) is 184 Å². The number of hydrogen-bond donors (Lipinski definition) is 24. The molecule has 9 aromatic rings. The summed E-state index contributed by atoms with van der Waals surface area (Å²) in [6.07, 6.45) is 11.1. The van der Waals surface area contributed by atoms with E-state index in [1.54, 1.807) is 21.1 Å². The second-order valence-electron chi connectivity index (χ2n) is 30.2. The lowest BCUT2D eigenvalue weighted by Gasteiger charge is -2.15. The highest BCUT2D eigenvalue weighted by Crippen LogP contribution is 2.14. The molecule has 11 heterocycles. The third kappa shape index (κ3) is 45.9. The van der Waals surface area contributed by atoms with E-state index in [9.17, 15) is 28.8 Å². The number of nitrogens with one attached hydrogen (secondary N) is 22. The number of rotatable bonds is 51. The summed E-state index contributed by atoms with van der Waals surface area (Å²) in [4.78, 5) is 101. The largest absolute Gasteiger partial charge is 0.410 e. The Morgan fingerprint density at radius 3 is 1.37 bits per heavy atom. The Kier molecular flexibility index (Phi) is 48.5. The van der Waals surface area contributed by atoms with Crippen molar-refractivity contribution in [2.75, 3.05) is 136 Å². The number of nitrogen functional groups attached to an aromatic ring is 2. The summed E-state index contributed by atoms with van der Waals surface area (Å²) in [7, 11) is 1.61. The first-order chi connectivity index (χ1) is 67.0. The van der Waals surface area contributed by atoms with Gasteiger partial charge in [-0.3, -0.25) is 46.2 Å². The van der Waals surface area contributed by atoms with Gasteiger partial charge in [0.05, 0.1) is 63.5 Å². The molecule has 0 unspecified atom stereocenters. The highest BCUT2D eigenvalue weighted by Gasteiger charge is 2.22. The Hall–Kier alpha value is -16.4. The zero-order valence-corrected chi connectivity index (χ0v) is 80.3. The average molecular weight is 1960 g/mol. The number of aromatic amines is 2. The Labute approximate surface area is 797 Å². The molecule has 9 amide bonds. The van der Waals surface area contributed by atoms with Crippen LogP contribution in [0.5, 0.6) is 0 Å². The summed E-state index contributed by atoms with van der Waals surface area (Å²) in [6, 6.07) is -1.11. The Bertz CT molecular complexity index is 5360. The summed E-state index contributed by atoms with van der Waals surface area (Å²) < 4.78 is 13.2. The molecule has 0 aromatic carbocycles. The number of nitrogens with zero attached hydrogens (tertiary/aromatic N) is 34. The molecule has 0 aliphatic carbocycles. The number of hydrazine groups is 3. The third-order valence-electron chi connectivity index (χ3n) is 17.1. The van der Waals surface area contributed by atoms with Gasteiger partial charge >= 0.3 is 18.1 Å². The van der Waals surface area contributed by atoms with Gasteiger partial charge in [-0.25, -0.2) is 55.6 Å². The van der Waals surface area contributed by atoms with E-state index in [-0.39, 0.29) is 84.3 Å². The van der Waals surface area contributed by atoms with Gasteiger partial charge in [0.2, 0.25) is 59.4 Å². The first-order valence-electron chi connectivity index (χ1n) is 44.1. The fourth-order valence-electron chi connectivity index (χ4n) is 10.7. The number of anilines is 9. The zero-order valence-electron chi connectivity index (χ0n) is 79.3. The smallest absolute Gasteiger partial charge is 0.333 e. The number of carbonyl (C=O) groups excluding carboxylic acids is 6. The number of ether oxygens (including phenoxy) is 1. The second-order valence-corrected chi connectivity index (χ2v) is 34.7. The van der Waals surface area contributed by atoms with Crippen LogP contribution in [0.4, 0.5) is 67.9 Å². The first-order valence-corrected chi connectivity index (χ1v) is 47.5. The normalized spacial score (nSPS) is 11.6. The molecule has 0 bridgehead atoms. The highest BCUT2D eigenvalue weighted by atomic mass is 28.4. The maximum atomic E-state index is 11.9. The summed E-state index contributed by atoms with van der Waals surface area (Å²) >= 11 is 0. The molecule has 2 aliphatic rings. The number of methoxy groups -OCH3 is 1. The van der Waals surface area contributed by atoms with Crippen LogP contribution < -0.4 is 108 Å². The number of aliphatic imine (C=N–C) groups is 4. The fourth-order valence-corrected chi connectivity index (χ4v) is 11.2. The van der Waals surface area contributed by atoms with Crippen LogP contribution in [0.1, 0.15) is 166 Å². The number of nitrogens with two attached hydrogens (primary N) is 2. The number of unbranched alkanes of at least 4 members (excludes halogenated alkanes) is 6. The Balaban J connectivity index is 0.000000239. The molecule has 0 atom stereocenters. The molecule has 0 fully saturated rings. The van der Waals surface area contributed by atoms with Crippen LogP contribution in [0.3, 0.4) is 0 Å². The van der Waals surface area contributed by atoms with Gasteiger partial charge in [-0.1, -0.05) is 0 Å².